The third-order valence-electron chi connectivity index (χ3n) is 1.33. The first-order chi connectivity index (χ1) is 5.94. The molecule has 6 nitrogen and oxygen atoms in total. The summed E-state index contributed by atoms with van der Waals surface area (Å²) >= 11 is 0. The summed E-state index contributed by atoms with van der Waals surface area (Å²) in [6, 6.07) is 0. The van der Waals surface area contributed by atoms with Crippen LogP contribution in [0.25, 0.3) is 0 Å². The van der Waals surface area contributed by atoms with Crippen molar-refractivity contribution in [3.05, 3.63) is 0 Å². The zero-order chi connectivity index (χ0) is 10.5. The molecule has 0 saturated heterocycles. The molecule has 78 valence electrons. The molecule has 0 aliphatic carbocycles. The van der Waals surface area contributed by atoms with Gasteiger partial charge in [-0.05, 0) is 6.92 Å². The van der Waals surface area contributed by atoms with Crippen LogP contribution in [0.2, 0.25) is 0 Å². The lowest BCUT2D eigenvalue weighted by molar-refractivity contribution is -0.143. The van der Waals surface area contributed by atoms with Crippen molar-refractivity contribution in [3.63, 3.8) is 0 Å². The average Bonchev–Trinajstić information content (AvgIpc) is 2.04. The number of nitrogens with zero attached hydrogens (tertiary/aromatic N) is 1. The standard InChI is InChI=1S/C6H14N2O4S/c1-4-12-6(9)5-8(3)13(10,11)7-2/h7H,4-5H2,1-3H3. The summed E-state index contributed by atoms with van der Waals surface area (Å²) in [7, 11) is -0.960. The zero-order valence-corrected chi connectivity index (χ0v) is 8.72. The molecule has 0 atom stereocenters. The molecule has 0 aliphatic rings. The van der Waals surface area contributed by atoms with E-state index in [1.54, 1.807) is 6.92 Å². The summed E-state index contributed by atoms with van der Waals surface area (Å²) in [6.07, 6.45) is 0. The second-order valence-electron chi connectivity index (χ2n) is 2.27. The maximum Gasteiger partial charge on any atom is 0.321 e. The van der Waals surface area contributed by atoms with Crippen molar-refractivity contribution in [1.82, 2.24) is 9.03 Å². The van der Waals surface area contributed by atoms with E-state index < -0.39 is 16.2 Å². The van der Waals surface area contributed by atoms with Crippen LogP contribution in [0, 0.1) is 0 Å². The lowest BCUT2D eigenvalue weighted by atomic mass is 10.6. The van der Waals surface area contributed by atoms with Gasteiger partial charge in [0.25, 0.3) is 10.2 Å². The van der Waals surface area contributed by atoms with Crippen molar-refractivity contribution in [2.24, 2.45) is 0 Å². The summed E-state index contributed by atoms with van der Waals surface area (Å²) in [4.78, 5) is 10.9. The minimum atomic E-state index is -3.53. The summed E-state index contributed by atoms with van der Waals surface area (Å²) < 4.78 is 29.6. The first kappa shape index (κ1) is 12.3. The molecule has 0 heterocycles. The first-order valence-electron chi connectivity index (χ1n) is 3.74. The molecule has 7 heteroatoms. The predicted octanol–water partition coefficient (Wildman–Crippen LogP) is -1.05. The molecule has 0 saturated carbocycles. The minimum absolute atomic E-state index is 0.242. The number of carbonyl (C=O) groups excluding carboxylic acids is 1. The van der Waals surface area contributed by atoms with Crippen molar-refractivity contribution in [3.8, 4) is 0 Å². The van der Waals surface area contributed by atoms with Gasteiger partial charge < -0.3 is 4.74 Å². The number of rotatable bonds is 5. The number of hydrogen-bond acceptors (Lipinski definition) is 4. The van der Waals surface area contributed by atoms with E-state index in [-0.39, 0.29) is 13.2 Å². The van der Waals surface area contributed by atoms with Crippen LogP contribution in [-0.4, -0.2) is 45.9 Å². The Morgan fingerprint density at radius 3 is 2.46 bits per heavy atom. The van der Waals surface area contributed by atoms with Gasteiger partial charge in [-0.3, -0.25) is 4.79 Å². The topological polar surface area (TPSA) is 75.7 Å². The number of esters is 1. The normalized spacial score (nSPS) is 11.7. The molecule has 0 aromatic rings. The molecule has 0 aromatic carbocycles. The Balaban J connectivity index is 4.16. The van der Waals surface area contributed by atoms with E-state index >= 15 is 0 Å². The van der Waals surface area contributed by atoms with Gasteiger partial charge in [-0.2, -0.15) is 12.7 Å². The minimum Gasteiger partial charge on any atom is -0.465 e. The van der Waals surface area contributed by atoms with Crippen molar-refractivity contribution in [2.75, 3.05) is 27.2 Å². The molecule has 0 radical (unpaired) electrons. The predicted molar refractivity (Wildman–Crippen MR) is 47.2 cm³/mol. The Morgan fingerprint density at radius 1 is 1.54 bits per heavy atom. The summed E-state index contributed by atoms with van der Waals surface area (Å²) in [6.45, 7) is 1.62. The third kappa shape index (κ3) is 4.20. The molecule has 0 aromatic heterocycles. The van der Waals surface area contributed by atoms with Crippen LogP contribution in [0.15, 0.2) is 0 Å². The van der Waals surface area contributed by atoms with Gasteiger partial charge in [-0.1, -0.05) is 0 Å². The Bertz CT molecular complexity index is 262. The summed E-state index contributed by atoms with van der Waals surface area (Å²) in [5.41, 5.74) is 0. The Hall–Kier alpha value is -0.660. The number of carbonyl (C=O) groups is 1. The van der Waals surface area contributed by atoms with Crippen LogP contribution in [0.3, 0.4) is 0 Å². The Morgan fingerprint density at radius 2 is 2.08 bits per heavy atom. The van der Waals surface area contributed by atoms with Gasteiger partial charge in [-0.15, -0.1) is 0 Å². The molecule has 0 spiro atoms. The lowest BCUT2D eigenvalue weighted by Crippen LogP contribution is -2.39. The van der Waals surface area contributed by atoms with Crippen molar-refractivity contribution in [1.29, 1.82) is 0 Å². The fourth-order valence-electron chi connectivity index (χ4n) is 0.629. The Kier molecular flexibility index (Phi) is 4.89. The molecule has 0 rings (SSSR count). The van der Waals surface area contributed by atoms with Crippen molar-refractivity contribution < 1.29 is 17.9 Å². The van der Waals surface area contributed by atoms with Gasteiger partial charge in [0.05, 0.1) is 6.61 Å². The van der Waals surface area contributed by atoms with E-state index in [9.17, 15) is 13.2 Å². The van der Waals surface area contributed by atoms with Gasteiger partial charge in [0, 0.05) is 14.1 Å². The summed E-state index contributed by atoms with van der Waals surface area (Å²) in [5.74, 6) is -0.566. The maximum atomic E-state index is 11.0. The van der Waals surface area contributed by atoms with Crippen LogP contribution >= 0.6 is 0 Å². The largest absolute Gasteiger partial charge is 0.465 e. The molecule has 0 fully saturated rings. The second kappa shape index (κ2) is 5.15. The lowest BCUT2D eigenvalue weighted by Gasteiger charge is -2.14. The van der Waals surface area contributed by atoms with Crippen LogP contribution in [-0.2, 0) is 19.7 Å². The quantitative estimate of drug-likeness (QED) is 0.587. The highest BCUT2D eigenvalue weighted by Crippen LogP contribution is 1.92. The van der Waals surface area contributed by atoms with Gasteiger partial charge in [-0.25, -0.2) is 4.72 Å². The van der Waals surface area contributed by atoms with E-state index in [1.165, 1.54) is 14.1 Å². The second-order valence-corrected chi connectivity index (χ2v) is 4.25. The van der Waals surface area contributed by atoms with Crippen LogP contribution in [0.5, 0.6) is 0 Å². The van der Waals surface area contributed by atoms with Crippen LogP contribution < -0.4 is 4.72 Å². The van der Waals surface area contributed by atoms with Crippen molar-refractivity contribution >= 4 is 16.2 Å². The van der Waals surface area contributed by atoms with E-state index in [4.69, 9.17) is 0 Å². The number of likely N-dealkylation sites (N-methyl/N-ethyl adjacent to an activating group) is 1. The van der Waals surface area contributed by atoms with E-state index in [0.717, 1.165) is 4.31 Å². The van der Waals surface area contributed by atoms with Gasteiger partial charge in [0.2, 0.25) is 0 Å². The average molecular weight is 210 g/mol. The molecular formula is C6H14N2O4S. The molecule has 0 bridgehead atoms. The number of nitrogens with one attached hydrogen (secondary N) is 1. The SMILES string of the molecule is CCOC(=O)CN(C)S(=O)(=O)NC. The monoisotopic (exact) mass is 210 g/mol. The molecule has 13 heavy (non-hydrogen) atoms. The maximum absolute atomic E-state index is 11.0. The van der Waals surface area contributed by atoms with Gasteiger partial charge >= 0.3 is 5.97 Å². The highest BCUT2D eigenvalue weighted by molar-refractivity contribution is 7.87. The Labute approximate surface area is 78.0 Å². The number of ether oxygens (including phenoxy) is 1. The van der Waals surface area contributed by atoms with E-state index in [1.807, 2.05) is 0 Å². The molecule has 0 aliphatic heterocycles. The van der Waals surface area contributed by atoms with Crippen LogP contribution in [0.4, 0.5) is 0 Å². The molecule has 0 unspecified atom stereocenters. The van der Waals surface area contributed by atoms with Crippen molar-refractivity contribution in [2.45, 2.75) is 6.92 Å². The van der Waals surface area contributed by atoms with E-state index in [2.05, 4.69) is 9.46 Å². The molecular weight excluding hydrogens is 196 g/mol. The van der Waals surface area contributed by atoms with Crippen LogP contribution in [0.1, 0.15) is 6.92 Å². The highest BCUT2D eigenvalue weighted by Gasteiger charge is 2.18. The van der Waals surface area contributed by atoms with E-state index in [0.29, 0.717) is 0 Å². The molecule has 1 N–H and O–H groups in total. The third-order valence-corrected chi connectivity index (χ3v) is 2.79. The van der Waals surface area contributed by atoms with Gasteiger partial charge in [0.1, 0.15) is 6.54 Å². The smallest absolute Gasteiger partial charge is 0.321 e. The highest BCUT2D eigenvalue weighted by atomic mass is 32.2. The van der Waals surface area contributed by atoms with Gasteiger partial charge in [0.15, 0.2) is 0 Å². The summed E-state index contributed by atoms with van der Waals surface area (Å²) in [5, 5.41) is 0. The fourth-order valence-corrected chi connectivity index (χ4v) is 1.22. The number of hydrogen-bond donors (Lipinski definition) is 1. The molecule has 0 amide bonds. The fraction of sp³-hybridized carbons (Fsp3) is 0.833. The first-order valence-corrected chi connectivity index (χ1v) is 5.18. The zero-order valence-electron chi connectivity index (χ0n) is 7.90.